The molecule has 3 aromatic rings. The van der Waals surface area contributed by atoms with E-state index in [-0.39, 0.29) is 11.3 Å². The van der Waals surface area contributed by atoms with Crippen molar-refractivity contribution in [3.05, 3.63) is 93.2 Å². The first-order chi connectivity index (χ1) is 15.4. The number of hydrogen-bond acceptors (Lipinski definition) is 4. The van der Waals surface area contributed by atoms with Crippen LogP contribution in [0, 0.1) is 17.5 Å². The summed E-state index contributed by atoms with van der Waals surface area (Å²) in [4.78, 5) is 26.6. The van der Waals surface area contributed by atoms with Crippen LogP contribution in [0.5, 0.6) is 5.75 Å². The van der Waals surface area contributed by atoms with Gasteiger partial charge in [0.25, 0.3) is 5.91 Å². The van der Waals surface area contributed by atoms with Gasteiger partial charge in [-0.1, -0.05) is 24.3 Å². The number of fused-ring (bicyclic) bond motifs is 2. The molecule has 1 amide bonds. The molecule has 1 unspecified atom stereocenters. The van der Waals surface area contributed by atoms with Gasteiger partial charge in [0.05, 0.1) is 18.3 Å². The van der Waals surface area contributed by atoms with Gasteiger partial charge in [0.1, 0.15) is 5.82 Å². The number of carbonyl (C=O) groups excluding carboxylic acids is 1. The van der Waals surface area contributed by atoms with Crippen LogP contribution in [0.4, 0.5) is 13.2 Å². The molecule has 1 aromatic heterocycles. The van der Waals surface area contributed by atoms with Crippen molar-refractivity contribution in [1.29, 1.82) is 0 Å². The Balaban J connectivity index is 1.81. The summed E-state index contributed by atoms with van der Waals surface area (Å²) in [6.45, 7) is 0.393. The van der Waals surface area contributed by atoms with E-state index < -0.39 is 52.5 Å². The SMILES string of the molecule is O=C1c2c(O)c(=O)cnn2[C@@H](C(c2ccc(F)cc2)c2cccc(F)c2F)[C@H]2CCCN12. The third-order valence-corrected chi connectivity index (χ3v) is 6.31. The zero-order valence-corrected chi connectivity index (χ0v) is 16.7. The maximum absolute atomic E-state index is 15.1. The van der Waals surface area contributed by atoms with Crippen molar-refractivity contribution in [1.82, 2.24) is 14.7 Å². The van der Waals surface area contributed by atoms with Crippen molar-refractivity contribution in [3.63, 3.8) is 0 Å². The number of amides is 1. The number of carbonyl (C=O) groups is 1. The molecule has 0 radical (unpaired) electrons. The topological polar surface area (TPSA) is 75.4 Å². The summed E-state index contributed by atoms with van der Waals surface area (Å²) in [5, 5.41) is 14.5. The van der Waals surface area contributed by atoms with Crippen molar-refractivity contribution in [2.24, 2.45) is 0 Å². The summed E-state index contributed by atoms with van der Waals surface area (Å²) in [6, 6.07) is 7.99. The molecule has 2 aliphatic rings. The number of aromatic hydroxyl groups is 1. The number of nitrogens with zero attached hydrogens (tertiary/aromatic N) is 3. The minimum absolute atomic E-state index is 0.00810. The Kier molecular flexibility index (Phi) is 4.76. The van der Waals surface area contributed by atoms with Crippen LogP contribution in [0.2, 0.25) is 0 Å². The Morgan fingerprint density at radius 3 is 2.56 bits per heavy atom. The molecular weight excluding hydrogens is 423 g/mol. The first-order valence-electron chi connectivity index (χ1n) is 10.2. The highest BCUT2D eigenvalue weighted by molar-refractivity contribution is 5.96. The minimum atomic E-state index is -1.06. The molecule has 0 spiro atoms. The smallest absolute Gasteiger partial charge is 0.276 e. The fraction of sp³-hybridized carbons (Fsp3) is 0.261. The van der Waals surface area contributed by atoms with Gasteiger partial charge in [-0.3, -0.25) is 14.3 Å². The maximum Gasteiger partial charge on any atom is 0.276 e. The molecular formula is C23H18F3N3O3. The number of rotatable bonds is 3. The first kappa shape index (κ1) is 20.3. The Hall–Kier alpha value is -3.62. The molecule has 2 aromatic carbocycles. The van der Waals surface area contributed by atoms with Crippen LogP contribution in [0.1, 0.15) is 46.4 Å². The van der Waals surface area contributed by atoms with Crippen molar-refractivity contribution < 1.29 is 23.1 Å². The first-order valence-corrected chi connectivity index (χ1v) is 10.2. The summed E-state index contributed by atoms with van der Waals surface area (Å²) < 4.78 is 44.2. The van der Waals surface area contributed by atoms with E-state index in [1.54, 1.807) is 0 Å². The van der Waals surface area contributed by atoms with Crippen LogP contribution in [0.25, 0.3) is 0 Å². The molecule has 1 fully saturated rings. The van der Waals surface area contributed by atoms with Gasteiger partial charge in [-0.15, -0.1) is 0 Å². The number of benzene rings is 2. The molecule has 6 nitrogen and oxygen atoms in total. The lowest BCUT2D eigenvalue weighted by Gasteiger charge is -2.42. The van der Waals surface area contributed by atoms with Crippen LogP contribution in [0.3, 0.4) is 0 Å². The second-order valence-electron chi connectivity index (χ2n) is 8.02. The second-order valence-corrected chi connectivity index (χ2v) is 8.02. The lowest BCUT2D eigenvalue weighted by molar-refractivity contribution is 0.0564. The average Bonchev–Trinajstić information content (AvgIpc) is 3.27. The van der Waals surface area contributed by atoms with Crippen molar-refractivity contribution >= 4 is 5.91 Å². The van der Waals surface area contributed by atoms with Gasteiger partial charge in [-0.05, 0) is 36.6 Å². The second kappa shape index (κ2) is 7.51. The fourth-order valence-electron chi connectivity index (χ4n) is 4.94. The highest BCUT2D eigenvalue weighted by Gasteiger charge is 2.48. The average molecular weight is 441 g/mol. The van der Waals surface area contributed by atoms with E-state index >= 15 is 4.39 Å². The van der Waals surface area contributed by atoms with Crippen LogP contribution >= 0.6 is 0 Å². The van der Waals surface area contributed by atoms with Gasteiger partial charge in [0.15, 0.2) is 23.1 Å². The molecule has 0 bridgehead atoms. The van der Waals surface area contributed by atoms with Gasteiger partial charge in [-0.2, -0.15) is 5.10 Å². The van der Waals surface area contributed by atoms with Gasteiger partial charge < -0.3 is 10.0 Å². The molecule has 0 saturated carbocycles. The van der Waals surface area contributed by atoms with Crippen LogP contribution in [0.15, 0.2) is 53.5 Å². The quantitative estimate of drug-likeness (QED) is 0.677. The summed E-state index contributed by atoms with van der Waals surface area (Å²) in [7, 11) is 0. The largest absolute Gasteiger partial charge is 0.502 e. The highest BCUT2D eigenvalue weighted by atomic mass is 19.2. The Labute approximate surface area is 180 Å². The van der Waals surface area contributed by atoms with Gasteiger partial charge in [0, 0.05) is 18.0 Å². The van der Waals surface area contributed by atoms with E-state index in [0.717, 1.165) is 12.3 Å². The molecule has 0 aliphatic carbocycles. The van der Waals surface area contributed by atoms with Crippen LogP contribution in [-0.4, -0.2) is 38.3 Å². The predicted molar refractivity (Wildman–Crippen MR) is 108 cm³/mol. The minimum Gasteiger partial charge on any atom is -0.502 e. The lowest BCUT2D eigenvalue weighted by Crippen LogP contribution is -2.51. The van der Waals surface area contributed by atoms with E-state index in [2.05, 4.69) is 5.10 Å². The maximum atomic E-state index is 15.1. The predicted octanol–water partition coefficient (Wildman–Crippen LogP) is 3.36. The van der Waals surface area contributed by atoms with E-state index in [1.165, 1.54) is 46.0 Å². The normalized spacial score (nSPS) is 20.7. The molecule has 5 rings (SSSR count). The van der Waals surface area contributed by atoms with Crippen LogP contribution < -0.4 is 5.43 Å². The Bertz CT molecular complexity index is 1280. The number of hydrogen-bond donors (Lipinski definition) is 1. The molecule has 2 aliphatic heterocycles. The van der Waals surface area contributed by atoms with Gasteiger partial charge >= 0.3 is 0 Å². The van der Waals surface area contributed by atoms with Crippen molar-refractivity contribution in [3.8, 4) is 5.75 Å². The third-order valence-electron chi connectivity index (χ3n) is 6.31. The van der Waals surface area contributed by atoms with E-state index in [4.69, 9.17) is 0 Å². The summed E-state index contributed by atoms with van der Waals surface area (Å²) in [6.07, 6.45) is 2.13. The van der Waals surface area contributed by atoms with E-state index in [1.807, 2.05) is 0 Å². The van der Waals surface area contributed by atoms with Gasteiger partial charge in [-0.25, -0.2) is 13.2 Å². The molecule has 32 heavy (non-hydrogen) atoms. The highest BCUT2D eigenvalue weighted by Crippen LogP contribution is 2.46. The summed E-state index contributed by atoms with van der Waals surface area (Å²) >= 11 is 0. The molecule has 1 N–H and O–H groups in total. The molecule has 3 heterocycles. The lowest BCUT2D eigenvalue weighted by atomic mass is 9.79. The molecule has 164 valence electrons. The summed E-state index contributed by atoms with van der Waals surface area (Å²) in [5.41, 5.74) is -0.609. The van der Waals surface area contributed by atoms with Gasteiger partial charge in [0.2, 0.25) is 5.43 Å². The van der Waals surface area contributed by atoms with Crippen molar-refractivity contribution in [2.45, 2.75) is 30.8 Å². The van der Waals surface area contributed by atoms with E-state index in [9.17, 15) is 23.5 Å². The standard InChI is InChI=1S/C23H18F3N3O3/c24-13-8-6-12(7-9-13)18(14-3-1-4-15(25)19(14)26)20-16-5-2-10-28(16)23(32)21-22(31)17(30)11-27-29(20)21/h1,3-4,6-9,11,16,18,20,31H,2,5,10H2/t16-,18?,20-/m1/s1. The molecule has 3 atom stereocenters. The fourth-order valence-corrected chi connectivity index (χ4v) is 4.94. The zero-order chi connectivity index (χ0) is 22.6. The van der Waals surface area contributed by atoms with E-state index in [0.29, 0.717) is 24.9 Å². The Morgan fingerprint density at radius 2 is 1.81 bits per heavy atom. The Morgan fingerprint density at radius 1 is 1.06 bits per heavy atom. The summed E-state index contributed by atoms with van der Waals surface area (Å²) in [5.74, 6) is -4.75. The zero-order valence-electron chi connectivity index (χ0n) is 16.7. The van der Waals surface area contributed by atoms with Crippen LogP contribution in [-0.2, 0) is 0 Å². The number of aromatic nitrogens is 2. The third kappa shape index (κ3) is 2.99. The molecule has 1 saturated heterocycles. The molecule has 9 heteroatoms. The number of halogens is 3. The monoisotopic (exact) mass is 441 g/mol. The van der Waals surface area contributed by atoms with Crippen molar-refractivity contribution in [2.75, 3.05) is 6.54 Å².